The van der Waals surface area contributed by atoms with Crippen LogP contribution in [0.2, 0.25) is 0 Å². The van der Waals surface area contributed by atoms with Crippen molar-refractivity contribution in [1.82, 2.24) is 4.90 Å². The molecule has 6 heteroatoms. The van der Waals surface area contributed by atoms with E-state index in [1.54, 1.807) is 18.2 Å². The normalized spacial score (nSPS) is 18.3. The molecular formula is C25H24N2O3S. The molecule has 0 N–H and O–H groups in total. The molecule has 158 valence electrons. The highest BCUT2D eigenvalue weighted by Gasteiger charge is 2.33. The van der Waals surface area contributed by atoms with Gasteiger partial charge in [0, 0.05) is 18.7 Å². The Bertz CT molecular complexity index is 1220. The van der Waals surface area contributed by atoms with E-state index >= 15 is 0 Å². The maximum atomic E-state index is 13.4. The molecule has 1 fully saturated rings. The van der Waals surface area contributed by atoms with Gasteiger partial charge in [0.25, 0.3) is 15.9 Å². The summed E-state index contributed by atoms with van der Waals surface area (Å²) in [7, 11) is -3.73. The largest absolute Gasteiger partial charge is 0.332 e. The Morgan fingerprint density at radius 3 is 2.48 bits per heavy atom. The second-order valence-corrected chi connectivity index (χ2v) is 9.91. The summed E-state index contributed by atoms with van der Waals surface area (Å²) in [6.45, 7) is 1.09. The maximum Gasteiger partial charge on any atom is 0.264 e. The van der Waals surface area contributed by atoms with Gasteiger partial charge in [-0.25, -0.2) is 8.42 Å². The van der Waals surface area contributed by atoms with E-state index < -0.39 is 10.0 Å². The summed E-state index contributed by atoms with van der Waals surface area (Å²) >= 11 is 0. The molecular weight excluding hydrogens is 408 g/mol. The third-order valence-electron chi connectivity index (χ3n) is 6.21. The first kappa shape index (κ1) is 19.8. The summed E-state index contributed by atoms with van der Waals surface area (Å²) in [6, 6.07) is 24.1. The molecule has 1 amide bonds. The van der Waals surface area contributed by atoms with Crippen LogP contribution in [0.1, 0.15) is 40.4 Å². The van der Waals surface area contributed by atoms with Crippen LogP contribution in [-0.4, -0.2) is 32.3 Å². The van der Waals surface area contributed by atoms with E-state index in [1.165, 1.54) is 10.4 Å². The number of hydrogen-bond donors (Lipinski definition) is 0. The summed E-state index contributed by atoms with van der Waals surface area (Å²) in [4.78, 5) is 15.4. The molecule has 5 rings (SSSR count). The van der Waals surface area contributed by atoms with Gasteiger partial charge >= 0.3 is 0 Å². The van der Waals surface area contributed by atoms with Crippen molar-refractivity contribution in [3.05, 3.63) is 95.6 Å². The summed E-state index contributed by atoms with van der Waals surface area (Å²) < 4.78 is 28.2. The van der Waals surface area contributed by atoms with E-state index in [-0.39, 0.29) is 16.8 Å². The van der Waals surface area contributed by atoms with Gasteiger partial charge in [-0.05, 0) is 54.7 Å². The summed E-state index contributed by atoms with van der Waals surface area (Å²) in [6.07, 6.45) is 2.55. The molecule has 0 aliphatic carbocycles. The minimum absolute atomic E-state index is 0.0272. The lowest BCUT2D eigenvalue weighted by Crippen LogP contribution is -2.31. The van der Waals surface area contributed by atoms with Crippen molar-refractivity contribution < 1.29 is 13.2 Å². The van der Waals surface area contributed by atoms with Crippen LogP contribution < -0.4 is 4.31 Å². The van der Waals surface area contributed by atoms with Gasteiger partial charge in [-0.3, -0.25) is 9.10 Å². The minimum atomic E-state index is -3.73. The highest BCUT2D eigenvalue weighted by molar-refractivity contribution is 7.92. The van der Waals surface area contributed by atoms with Gasteiger partial charge in [0.2, 0.25) is 0 Å². The molecule has 0 saturated carbocycles. The maximum absolute atomic E-state index is 13.4. The van der Waals surface area contributed by atoms with Crippen LogP contribution in [-0.2, 0) is 16.4 Å². The Hall–Kier alpha value is -3.12. The smallest absolute Gasteiger partial charge is 0.264 e. The lowest BCUT2D eigenvalue weighted by Gasteiger charge is -2.25. The summed E-state index contributed by atoms with van der Waals surface area (Å²) in [5.74, 6) is -0.120. The molecule has 0 bridgehead atoms. The second kappa shape index (κ2) is 7.85. The van der Waals surface area contributed by atoms with Crippen molar-refractivity contribution >= 4 is 21.6 Å². The molecule has 0 radical (unpaired) electrons. The zero-order valence-electron chi connectivity index (χ0n) is 17.1. The van der Waals surface area contributed by atoms with Gasteiger partial charge in [0.1, 0.15) is 0 Å². The molecule has 3 aromatic carbocycles. The van der Waals surface area contributed by atoms with Crippen molar-refractivity contribution in [3.8, 4) is 0 Å². The first-order valence-corrected chi connectivity index (χ1v) is 12.1. The average Bonchev–Trinajstić information content (AvgIpc) is 3.47. The predicted molar refractivity (Wildman–Crippen MR) is 121 cm³/mol. The zero-order chi connectivity index (χ0) is 21.4. The number of para-hydroxylation sites is 1. The second-order valence-electron chi connectivity index (χ2n) is 8.05. The van der Waals surface area contributed by atoms with Gasteiger partial charge in [-0.15, -0.1) is 0 Å². The number of anilines is 1. The number of carbonyl (C=O) groups is 1. The summed E-state index contributed by atoms with van der Waals surface area (Å²) in [5, 5.41) is 0. The van der Waals surface area contributed by atoms with Crippen molar-refractivity contribution in [2.45, 2.75) is 30.2 Å². The van der Waals surface area contributed by atoms with Crippen LogP contribution >= 0.6 is 0 Å². The molecule has 5 nitrogen and oxygen atoms in total. The zero-order valence-corrected chi connectivity index (χ0v) is 18.0. The van der Waals surface area contributed by atoms with E-state index in [1.807, 2.05) is 59.5 Å². The SMILES string of the molecule is O=C(c1cccc(S(=O)(=O)N2CCc3ccccc32)c1)N1CCCC1c1ccccc1. The number of hydrogen-bond acceptors (Lipinski definition) is 3. The number of likely N-dealkylation sites (tertiary alicyclic amines) is 1. The number of rotatable bonds is 4. The first-order valence-electron chi connectivity index (χ1n) is 10.6. The van der Waals surface area contributed by atoms with Crippen LogP contribution in [0, 0.1) is 0 Å². The van der Waals surface area contributed by atoms with E-state index in [4.69, 9.17) is 0 Å². The molecule has 1 saturated heterocycles. The predicted octanol–water partition coefficient (Wildman–Crippen LogP) is 4.42. The fourth-order valence-corrected chi connectivity index (χ4v) is 6.22. The quantitative estimate of drug-likeness (QED) is 0.613. The van der Waals surface area contributed by atoms with Gasteiger partial charge < -0.3 is 4.90 Å². The molecule has 2 aliphatic rings. The number of amides is 1. The molecule has 0 spiro atoms. The first-order chi connectivity index (χ1) is 15.1. The van der Waals surface area contributed by atoms with Crippen LogP contribution in [0.4, 0.5) is 5.69 Å². The molecule has 3 aromatic rings. The number of carbonyl (C=O) groups excluding carboxylic acids is 1. The highest BCUT2D eigenvalue weighted by Crippen LogP contribution is 2.35. The Kier molecular flexibility index (Phi) is 5.02. The highest BCUT2D eigenvalue weighted by atomic mass is 32.2. The van der Waals surface area contributed by atoms with E-state index in [2.05, 4.69) is 0 Å². The Balaban J connectivity index is 1.45. The molecule has 2 heterocycles. The summed E-state index contributed by atoms with van der Waals surface area (Å²) in [5.41, 5.74) is 3.28. The molecule has 1 unspecified atom stereocenters. The van der Waals surface area contributed by atoms with E-state index in [0.717, 1.165) is 29.7 Å². The van der Waals surface area contributed by atoms with Crippen LogP contribution in [0.15, 0.2) is 83.8 Å². The van der Waals surface area contributed by atoms with Crippen molar-refractivity contribution in [2.24, 2.45) is 0 Å². The van der Waals surface area contributed by atoms with Gasteiger partial charge in [0.05, 0.1) is 16.6 Å². The number of sulfonamides is 1. The molecule has 0 aromatic heterocycles. The lowest BCUT2D eigenvalue weighted by atomic mass is 10.0. The fourth-order valence-electron chi connectivity index (χ4n) is 4.67. The van der Waals surface area contributed by atoms with Crippen LogP contribution in [0.5, 0.6) is 0 Å². The fraction of sp³-hybridized carbons (Fsp3) is 0.240. The third-order valence-corrected chi connectivity index (χ3v) is 8.02. The average molecular weight is 433 g/mol. The monoisotopic (exact) mass is 432 g/mol. The van der Waals surface area contributed by atoms with Gasteiger partial charge in [-0.1, -0.05) is 54.6 Å². The van der Waals surface area contributed by atoms with E-state index in [0.29, 0.717) is 25.1 Å². The van der Waals surface area contributed by atoms with Crippen molar-refractivity contribution in [1.29, 1.82) is 0 Å². The van der Waals surface area contributed by atoms with Crippen molar-refractivity contribution in [2.75, 3.05) is 17.4 Å². The molecule has 31 heavy (non-hydrogen) atoms. The lowest BCUT2D eigenvalue weighted by molar-refractivity contribution is 0.0735. The minimum Gasteiger partial charge on any atom is -0.332 e. The number of nitrogens with zero attached hydrogens (tertiary/aromatic N) is 2. The molecule has 1 atom stereocenters. The number of fused-ring (bicyclic) bond motifs is 1. The van der Waals surface area contributed by atoms with Crippen LogP contribution in [0.3, 0.4) is 0 Å². The topological polar surface area (TPSA) is 57.7 Å². The Morgan fingerprint density at radius 1 is 0.871 bits per heavy atom. The van der Waals surface area contributed by atoms with Crippen LogP contribution in [0.25, 0.3) is 0 Å². The number of benzene rings is 3. The third kappa shape index (κ3) is 3.51. The van der Waals surface area contributed by atoms with Gasteiger partial charge in [-0.2, -0.15) is 0 Å². The van der Waals surface area contributed by atoms with E-state index in [9.17, 15) is 13.2 Å². The van der Waals surface area contributed by atoms with Crippen molar-refractivity contribution in [3.63, 3.8) is 0 Å². The standard InChI is InChI=1S/C25H24N2O3S/c28-25(26-16-7-14-23(26)19-8-2-1-3-9-19)21-11-6-12-22(18-21)31(29,30)27-17-15-20-10-4-5-13-24(20)27/h1-6,8-13,18,23H,7,14-17H2. The Labute approximate surface area is 183 Å². The van der Waals surface area contributed by atoms with Gasteiger partial charge in [0.15, 0.2) is 0 Å². The Morgan fingerprint density at radius 2 is 1.65 bits per heavy atom. The molecule has 2 aliphatic heterocycles.